The maximum absolute atomic E-state index is 13.8. The summed E-state index contributed by atoms with van der Waals surface area (Å²) >= 11 is 1.50. The number of fused-ring (bicyclic) bond motifs is 2. The number of benzene rings is 2. The van der Waals surface area contributed by atoms with Gasteiger partial charge in [0.05, 0.1) is 29.5 Å². The van der Waals surface area contributed by atoms with E-state index in [1.54, 1.807) is 52.0 Å². The summed E-state index contributed by atoms with van der Waals surface area (Å²) < 4.78 is 10.9. The highest BCUT2D eigenvalue weighted by Gasteiger charge is 2.36. The number of hydrogen-bond donors (Lipinski definition) is 1. The molecular formula is C34H43N3O7S. The largest absolute Gasteiger partial charge is 0.465 e. The van der Waals surface area contributed by atoms with Crippen LogP contribution in [-0.2, 0) is 23.9 Å². The predicted octanol–water partition coefficient (Wildman–Crippen LogP) is 4.99. The van der Waals surface area contributed by atoms with Crippen molar-refractivity contribution in [3.8, 4) is 0 Å². The first-order chi connectivity index (χ1) is 21.5. The van der Waals surface area contributed by atoms with Crippen LogP contribution in [0.15, 0.2) is 53.4 Å². The highest BCUT2D eigenvalue weighted by Crippen LogP contribution is 2.34. The van der Waals surface area contributed by atoms with E-state index in [1.807, 2.05) is 24.3 Å². The lowest BCUT2D eigenvalue weighted by Gasteiger charge is -2.28. The number of hydrogen-bond acceptors (Lipinski definition) is 9. The first kappa shape index (κ1) is 34.2. The lowest BCUT2D eigenvalue weighted by atomic mass is 10.0. The maximum atomic E-state index is 13.8. The number of amides is 3. The summed E-state index contributed by atoms with van der Waals surface area (Å²) in [6.07, 6.45) is 4.44. The Balaban J connectivity index is 1.31. The van der Waals surface area contributed by atoms with E-state index in [9.17, 15) is 24.0 Å². The van der Waals surface area contributed by atoms with E-state index in [0.29, 0.717) is 42.0 Å². The van der Waals surface area contributed by atoms with Crippen LogP contribution in [0.4, 0.5) is 5.69 Å². The zero-order valence-electron chi connectivity index (χ0n) is 26.5. The number of unbranched alkanes of at least 4 members (excludes halogenated alkanes) is 4. The molecule has 2 aromatic rings. The van der Waals surface area contributed by atoms with Gasteiger partial charge < -0.3 is 9.47 Å². The van der Waals surface area contributed by atoms with Gasteiger partial charge in [0.15, 0.2) is 0 Å². The van der Waals surface area contributed by atoms with Gasteiger partial charge in [-0.15, -0.1) is 11.8 Å². The minimum absolute atomic E-state index is 0.221. The molecular weight excluding hydrogens is 594 g/mol. The monoisotopic (exact) mass is 637 g/mol. The number of imide groups is 1. The average molecular weight is 638 g/mol. The van der Waals surface area contributed by atoms with Crippen molar-refractivity contribution in [2.45, 2.75) is 88.8 Å². The van der Waals surface area contributed by atoms with Crippen molar-refractivity contribution in [2.24, 2.45) is 0 Å². The number of thioether (sulfide) groups is 1. The van der Waals surface area contributed by atoms with Crippen LogP contribution < -0.4 is 10.2 Å². The molecule has 3 amide bonds. The Morgan fingerprint density at radius 2 is 1.53 bits per heavy atom. The fourth-order valence-electron chi connectivity index (χ4n) is 5.48. The highest BCUT2D eigenvalue weighted by molar-refractivity contribution is 7.99. The van der Waals surface area contributed by atoms with Gasteiger partial charge in [0.1, 0.15) is 18.2 Å². The summed E-state index contributed by atoms with van der Waals surface area (Å²) in [7, 11) is 0. The van der Waals surface area contributed by atoms with E-state index in [2.05, 4.69) is 5.32 Å². The number of nitrogens with one attached hydrogen (secondary N) is 1. The molecule has 1 N–H and O–H groups in total. The van der Waals surface area contributed by atoms with Crippen molar-refractivity contribution in [1.29, 1.82) is 0 Å². The third-order valence-corrected chi connectivity index (χ3v) is 8.72. The topological polar surface area (TPSA) is 122 Å². The van der Waals surface area contributed by atoms with Crippen LogP contribution in [0.25, 0.3) is 0 Å². The Labute approximate surface area is 269 Å². The molecule has 0 spiro atoms. The molecule has 10 nitrogen and oxygen atoms in total. The molecule has 242 valence electrons. The number of esters is 2. The first-order valence-corrected chi connectivity index (χ1v) is 16.6. The van der Waals surface area contributed by atoms with E-state index < -0.39 is 29.6 Å². The SMILES string of the molecule is CCOC(=O)C(CCCCCCCN1C(=O)c2ccccc2C1=O)NC1CSc2ccccc2N(CC(=O)OC(C)(C)C)C1=O. The Morgan fingerprint density at radius 1 is 0.911 bits per heavy atom. The summed E-state index contributed by atoms with van der Waals surface area (Å²) in [5.41, 5.74) is 0.864. The van der Waals surface area contributed by atoms with Gasteiger partial charge in [-0.2, -0.15) is 0 Å². The molecule has 0 saturated carbocycles. The number of ether oxygens (including phenoxy) is 2. The van der Waals surface area contributed by atoms with Gasteiger partial charge in [0.25, 0.3) is 11.8 Å². The first-order valence-electron chi connectivity index (χ1n) is 15.6. The number of nitrogens with zero attached hydrogens (tertiary/aromatic N) is 2. The summed E-state index contributed by atoms with van der Waals surface area (Å²) in [5, 5.41) is 3.25. The van der Waals surface area contributed by atoms with Crippen LogP contribution in [0.2, 0.25) is 0 Å². The minimum atomic E-state index is -0.723. The molecule has 0 radical (unpaired) electrons. The molecule has 0 bridgehead atoms. The quantitative estimate of drug-likeness (QED) is 0.173. The summed E-state index contributed by atoms with van der Waals surface area (Å²) in [4.78, 5) is 68.3. The van der Waals surface area contributed by atoms with Crippen molar-refractivity contribution >= 4 is 47.1 Å². The molecule has 2 heterocycles. The Morgan fingerprint density at radius 3 is 2.20 bits per heavy atom. The van der Waals surface area contributed by atoms with Crippen LogP contribution in [-0.4, -0.2) is 77.7 Å². The Hall–Kier alpha value is -3.70. The second-order valence-corrected chi connectivity index (χ2v) is 13.2. The smallest absolute Gasteiger partial charge is 0.326 e. The van der Waals surface area contributed by atoms with Crippen molar-refractivity contribution in [2.75, 3.05) is 30.3 Å². The van der Waals surface area contributed by atoms with Gasteiger partial charge in [-0.05, 0) is 64.8 Å². The fourth-order valence-corrected chi connectivity index (χ4v) is 6.57. The second-order valence-electron chi connectivity index (χ2n) is 12.2. The summed E-state index contributed by atoms with van der Waals surface area (Å²) in [6, 6.07) is 12.9. The third-order valence-electron chi connectivity index (χ3n) is 7.56. The lowest BCUT2D eigenvalue weighted by molar-refractivity contribution is -0.154. The average Bonchev–Trinajstić information content (AvgIpc) is 3.16. The van der Waals surface area contributed by atoms with Gasteiger partial charge in [-0.1, -0.05) is 49.9 Å². The number of anilines is 1. The van der Waals surface area contributed by atoms with Crippen molar-refractivity contribution < 1.29 is 33.4 Å². The Bertz CT molecular complexity index is 1370. The molecule has 0 aliphatic carbocycles. The number of carbonyl (C=O) groups excluding carboxylic acids is 5. The number of rotatable bonds is 14. The highest BCUT2D eigenvalue weighted by atomic mass is 32.2. The molecule has 0 aromatic heterocycles. The van der Waals surface area contributed by atoms with Crippen molar-refractivity contribution in [3.05, 3.63) is 59.7 Å². The molecule has 45 heavy (non-hydrogen) atoms. The van der Waals surface area contributed by atoms with Gasteiger partial charge in [-0.25, -0.2) is 0 Å². The summed E-state index contributed by atoms with van der Waals surface area (Å²) in [5.74, 6) is -1.33. The van der Waals surface area contributed by atoms with Crippen LogP contribution in [0.3, 0.4) is 0 Å². The van der Waals surface area contributed by atoms with E-state index >= 15 is 0 Å². The lowest BCUT2D eigenvalue weighted by Crippen LogP contribution is -2.54. The molecule has 2 aromatic carbocycles. The van der Waals surface area contributed by atoms with Crippen LogP contribution in [0.1, 0.15) is 86.9 Å². The molecule has 2 aliphatic heterocycles. The van der Waals surface area contributed by atoms with E-state index in [-0.39, 0.29) is 30.9 Å². The minimum Gasteiger partial charge on any atom is -0.465 e. The van der Waals surface area contributed by atoms with Crippen molar-refractivity contribution in [3.63, 3.8) is 0 Å². The fraction of sp³-hybridized carbons (Fsp3) is 0.500. The van der Waals surface area contributed by atoms with Gasteiger partial charge in [0, 0.05) is 17.2 Å². The molecule has 2 unspecified atom stereocenters. The van der Waals surface area contributed by atoms with E-state index in [0.717, 1.165) is 30.6 Å². The van der Waals surface area contributed by atoms with Gasteiger partial charge >= 0.3 is 11.9 Å². The standard InChI is InChI=1S/C34H43N3O7S/c1-5-43-33(42)25(17-9-7-6-8-14-20-36-30(39)23-15-10-11-16-24(23)31(36)40)35-26-22-45-28-19-13-12-18-27(28)37(32(26)41)21-29(38)44-34(2,3)4/h10-13,15-16,18-19,25-26,35H,5-9,14,17,20-22H2,1-4H3. The third kappa shape index (κ3) is 8.94. The molecule has 4 rings (SSSR count). The Kier molecular flexibility index (Phi) is 11.8. The zero-order valence-corrected chi connectivity index (χ0v) is 27.3. The van der Waals surface area contributed by atoms with Crippen LogP contribution >= 0.6 is 11.8 Å². The molecule has 0 fully saturated rings. The molecule has 2 aliphatic rings. The molecule has 2 atom stereocenters. The van der Waals surface area contributed by atoms with Gasteiger partial charge in [-0.3, -0.25) is 39.1 Å². The van der Waals surface area contributed by atoms with Crippen molar-refractivity contribution in [1.82, 2.24) is 10.2 Å². The van der Waals surface area contributed by atoms with E-state index in [1.165, 1.54) is 21.6 Å². The van der Waals surface area contributed by atoms with E-state index in [4.69, 9.17) is 9.47 Å². The zero-order chi connectivity index (χ0) is 32.6. The van der Waals surface area contributed by atoms with Crippen LogP contribution in [0.5, 0.6) is 0 Å². The summed E-state index contributed by atoms with van der Waals surface area (Å²) in [6.45, 7) is 7.44. The predicted molar refractivity (Wildman–Crippen MR) is 172 cm³/mol. The normalized spacial score (nSPS) is 17.1. The van der Waals surface area contributed by atoms with Crippen LogP contribution in [0, 0.1) is 0 Å². The van der Waals surface area contributed by atoms with Gasteiger partial charge in [0.2, 0.25) is 5.91 Å². The molecule has 0 saturated heterocycles. The number of carbonyl (C=O) groups is 5. The number of para-hydroxylation sites is 1. The molecule has 11 heteroatoms. The maximum Gasteiger partial charge on any atom is 0.326 e. The second kappa shape index (κ2) is 15.5.